The number of hydrogen-bond donors (Lipinski definition) is 2. The minimum Gasteiger partial charge on any atom is -0.462 e. The minimum atomic E-state index is -1.27. The zero-order valence-electron chi connectivity index (χ0n) is 28.5. The van der Waals surface area contributed by atoms with Gasteiger partial charge in [-0.25, -0.2) is 19.2 Å². The highest BCUT2D eigenvalue weighted by atomic mass is 16.6. The van der Waals surface area contributed by atoms with Crippen LogP contribution in [0.2, 0.25) is 0 Å². The minimum absolute atomic E-state index is 0.0659. The van der Waals surface area contributed by atoms with Gasteiger partial charge in [-0.3, -0.25) is 9.59 Å². The highest BCUT2D eigenvalue weighted by molar-refractivity contribution is 6.03. The Balaban J connectivity index is 0.00000123. The molecule has 0 radical (unpaired) electrons. The number of ether oxygens (including phenoxy) is 6. The van der Waals surface area contributed by atoms with Crippen molar-refractivity contribution in [3.05, 3.63) is 60.7 Å². The van der Waals surface area contributed by atoms with Crippen LogP contribution in [0.3, 0.4) is 0 Å². The summed E-state index contributed by atoms with van der Waals surface area (Å²) in [5.41, 5.74) is -1.42. The molecule has 0 amide bonds. The fourth-order valence-corrected chi connectivity index (χ4v) is 2.86. The third kappa shape index (κ3) is 16.8. The summed E-state index contributed by atoms with van der Waals surface area (Å²) < 4.78 is 29.3. The summed E-state index contributed by atoms with van der Waals surface area (Å²) in [5, 5.41) is 19.7. The van der Waals surface area contributed by atoms with Gasteiger partial charge in [-0.15, -0.1) is 0 Å². The number of carbonyl (C=O) groups is 6. The van der Waals surface area contributed by atoms with Crippen LogP contribution in [-0.2, 0) is 47.6 Å². The Bertz CT molecular complexity index is 1250. The van der Waals surface area contributed by atoms with Gasteiger partial charge < -0.3 is 38.6 Å². The molecule has 0 saturated heterocycles. The fourth-order valence-electron chi connectivity index (χ4n) is 2.86. The van der Waals surface area contributed by atoms with Crippen LogP contribution in [0.25, 0.3) is 0 Å². The Morgan fingerprint density at radius 2 is 0.979 bits per heavy atom. The molecule has 2 atom stereocenters. The molecule has 1 rings (SSSR count). The molecule has 0 spiro atoms. The van der Waals surface area contributed by atoms with E-state index in [4.69, 9.17) is 18.9 Å². The lowest BCUT2D eigenvalue weighted by Crippen LogP contribution is -2.31. The van der Waals surface area contributed by atoms with Crippen molar-refractivity contribution in [3.63, 3.8) is 0 Å². The highest BCUT2D eigenvalue weighted by Gasteiger charge is 2.28. The number of carbonyl (C=O) groups excluding carboxylic acids is 6. The first-order valence-electron chi connectivity index (χ1n) is 15.2. The van der Waals surface area contributed by atoms with Crippen molar-refractivity contribution < 1.29 is 67.4 Å². The van der Waals surface area contributed by atoms with Gasteiger partial charge in [0.05, 0.1) is 22.0 Å². The topological polar surface area (TPSA) is 198 Å². The second kappa shape index (κ2) is 22.1. The third-order valence-electron chi connectivity index (χ3n) is 6.77. The van der Waals surface area contributed by atoms with Gasteiger partial charge in [-0.05, 0) is 52.7 Å². The van der Waals surface area contributed by atoms with Gasteiger partial charge in [-0.2, -0.15) is 0 Å². The van der Waals surface area contributed by atoms with Crippen LogP contribution in [0.1, 0.15) is 75.1 Å². The fraction of sp³-hybridized carbons (Fsp3) is 0.529. The van der Waals surface area contributed by atoms with Gasteiger partial charge in [-0.1, -0.05) is 39.1 Å². The molecule has 0 aliphatic rings. The lowest BCUT2D eigenvalue weighted by molar-refractivity contribution is -0.158. The average molecular weight is 681 g/mol. The van der Waals surface area contributed by atoms with Crippen molar-refractivity contribution in [2.45, 2.75) is 66.6 Å². The average Bonchev–Trinajstić information content (AvgIpc) is 3.08. The van der Waals surface area contributed by atoms with E-state index in [9.17, 15) is 39.0 Å². The summed E-state index contributed by atoms with van der Waals surface area (Å²) in [7, 11) is 0. The Hall–Kier alpha value is -4.56. The molecule has 0 aromatic heterocycles. The standard InChI is InChI=1S/C23H30O10.C11H18O4/c1-5-19(26)30-11-15(24)12-31-20(27)17-9-7-8-10-18(17)21(28)32-13-16(25)14-33-22(29)23(3,4)6-2;1-5-9(12)14-7-8-15-10(13)11(3,4)6-2/h5,7-10,15-16,24-25H,1,6,11-14H2,2-4H3;5H,1,6-8H2,2-4H3. The lowest BCUT2D eigenvalue weighted by Gasteiger charge is -2.21. The van der Waals surface area contributed by atoms with Crippen molar-refractivity contribution in [1.82, 2.24) is 0 Å². The van der Waals surface area contributed by atoms with Crippen LogP contribution in [0.5, 0.6) is 0 Å². The zero-order chi connectivity index (χ0) is 36.9. The molecule has 0 aliphatic heterocycles. The molecule has 1 aromatic rings. The number of aliphatic hydroxyl groups excluding tert-OH is 2. The number of esters is 6. The monoisotopic (exact) mass is 680 g/mol. The Labute approximate surface area is 281 Å². The quantitative estimate of drug-likeness (QED) is 0.0935. The van der Waals surface area contributed by atoms with Crippen LogP contribution >= 0.6 is 0 Å². The van der Waals surface area contributed by atoms with E-state index in [0.717, 1.165) is 12.2 Å². The van der Waals surface area contributed by atoms with Crippen molar-refractivity contribution in [1.29, 1.82) is 0 Å². The van der Waals surface area contributed by atoms with Crippen molar-refractivity contribution in [3.8, 4) is 0 Å². The molecular weight excluding hydrogens is 632 g/mol. The summed E-state index contributed by atoms with van der Waals surface area (Å²) in [6.45, 7) is 15.7. The first kappa shape index (κ1) is 43.4. The van der Waals surface area contributed by atoms with E-state index in [1.54, 1.807) is 13.8 Å². The van der Waals surface area contributed by atoms with Gasteiger partial charge in [0.25, 0.3) is 0 Å². The summed E-state index contributed by atoms with van der Waals surface area (Å²) in [6.07, 6.45) is 0.732. The maximum absolute atomic E-state index is 12.4. The molecule has 0 saturated carbocycles. The van der Waals surface area contributed by atoms with E-state index >= 15 is 0 Å². The van der Waals surface area contributed by atoms with E-state index in [1.807, 2.05) is 27.7 Å². The van der Waals surface area contributed by atoms with E-state index in [2.05, 4.69) is 22.6 Å². The van der Waals surface area contributed by atoms with Gasteiger partial charge in [0.1, 0.15) is 51.8 Å². The molecule has 0 aliphatic carbocycles. The van der Waals surface area contributed by atoms with Gasteiger partial charge in [0.2, 0.25) is 0 Å². The molecule has 268 valence electrons. The lowest BCUT2D eigenvalue weighted by atomic mass is 9.91. The summed E-state index contributed by atoms with van der Waals surface area (Å²) in [4.78, 5) is 69.7. The summed E-state index contributed by atoms with van der Waals surface area (Å²) in [6, 6.07) is 5.66. The molecule has 2 N–H and O–H groups in total. The van der Waals surface area contributed by atoms with Crippen LogP contribution in [0.15, 0.2) is 49.6 Å². The van der Waals surface area contributed by atoms with Gasteiger partial charge in [0.15, 0.2) is 0 Å². The molecule has 0 bridgehead atoms. The molecule has 1 aromatic carbocycles. The largest absolute Gasteiger partial charge is 0.462 e. The number of benzene rings is 1. The number of hydrogen-bond acceptors (Lipinski definition) is 14. The van der Waals surface area contributed by atoms with Crippen LogP contribution in [-0.4, -0.2) is 97.9 Å². The second-order valence-electron chi connectivity index (χ2n) is 11.5. The Kier molecular flexibility index (Phi) is 20.0. The Morgan fingerprint density at radius 3 is 1.40 bits per heavy atom. The third-order valence-corrected chi connectivity index (χ3v) is 6.77. The highest BCUT2D eigenvalue weighted by Crippen LogP contribution is 2.22. The van der Waals surface area contributed by atoms with Crippen molar-refractivity contribution in [2.24, 2.45) is 10.8 Å². The predicted molar refractivity (Wildman–Crippen MR) is 171 cm³/mol. The zero-order valence-corrected chi connectivity index (χ0v) is 28.5. The smallest absolute Gasteiger partial charge is 0.339 e. The first-order valence-corrected chi connectivity index (χ1v) is 15.2. The van der Waals surface area contributed by atoms with E-state index in [-0.39, 0.29) is 36.9 Å². The molecule has 2 unspecified atom stereocenters. The molecule has 48 heavy (non-hydrogen) atoms. The molecule has 0 fully saturated rings. The summed E-state index contributed by atoms with van der Waals surface area (Å²) >= 11 is 0. The molecule has 0 heterocycles. The maximum Gasteiger partial charge on any atom is 0.339 e. The number of rotatable bonds is 19. The second-order valence-corrected chi connectivity index (χ2v) is 11.5. The number of aliphatic hydroxyl groups is 2. The van der Waals surface area contributed by atoms with Gasteiger partial charge in [0, 0.05) is 12.2 Å². The molecule has 14 nitrogen and oxygen atoms in total. The van der Waals surface area contributed by atoms with E-state index < -0.39 is 72.7 Å². The van der Waals surface area contributed by atoms with Crippen molar-refractivity contribution >= 4 is 35.8 Å². The van der Waals surface area contributed by atoms with Crippen LogP contribution in [0, 0.1) is 10.8 Å². The maximum atomic E-state index is 12.4. The van der Waals surface area contributed by atoms with E-state index in [0.29, 0.717) is 12.8 Å². The van der Waals surface area contributed by atoms with Gasteiger partial charge >= 0.3 is 35.8 Å². The van der Waals surface area contributed by atoms with Crippen LogP contribution in [0.4, 0.5) is 0 Å². The molecule has 14 heteroatoms. The van der Waals surface area contributed by atoms with Crippen molar-refractivity contribution in [2.75, 3.05) is 39.6 Å². The Morgan fingerprint density at radius 1 is 0.625 bits per heavy atom. The predicted octanol–water partition coefficient (Wildman–Crippen LogP) is 3.13. The van der Waals surface area contributed by atoms with Crippen LogP contribution < -0.4 is 0 Å². The normalized spacial score (nSPS) is 12.1. The first-order chi connectivity index (χ1) is 22.4. The summed E-state index contributed by atoms with van der Waals surface area (Å²) in [5.74, 6) is -3.82. The molecular formula is C34H48O14. The SMILES string of the molecule is C=CC(=O)OCC(O)COC(=O)c1ccccc1C(=O)OCC(O)COC(=O)C(C)(C)CC.C=CC(=O)OCCOC(=O)C(C)(C)CC. The van der Waals surface area contributed by atoms with E-state index in [1.165, 1.54) is 24.3 Å².